The van der Waals surface area contributed by atoms with E-state index in [0.717, 1.165) is 5.57 Å². The lowest BCUT2D eigenvalue weighted by Gasteiger charge is -1.94. The molecule has 1 aromatic heterocycles. The normalized spacial score (nSPS) is 10.1. The van der Waals surface area contributed by atoms with Crippen LogP contribution in [0.2, 0.25) is 0 Å². The second-order valence-corrected chi connectivity index (χ2v) is 3.71. The number of fused-ring (bicyclic) bond motifs is 1. The third-order valence-corrected chi connectivity index (χ3v) is 2.62. The molecule has 2 nitrogen and oxygen atoms in total. The summed E-state index contributed by atoms with van der Waals surface area (Å²) in [5.41, 5.74) is 3.58. The highest BCUT2D eigenvalue weighted by Gasteiger charge is 2.19. The predicted molar refractivity (Wildman–Crippen MR) is 58.8 cm³/mol. The average Bonchev–Trinajstić information content (AvgIpc) is 2.41. The van der Waals surface area contributed by atoms with Crippen molar-refractivity contribution in [3.05, 3.63) is 36.7 Å². The van der Waals surface area contributed by atoms with Crippen molar-refractivity contribution in [2.45, 2.75) is 6.92 Å². The Bertz CT molecular complexity index is 473. The molecule has 0 atom stereocenters. The number of hydrogen-bond donors (Lipinski definition) is 0. The van der Waals surface area contributed by atoms with Crippen LogP contribution in [0.25, 0.3) is 16.6 Å². The van der Waals surface area contributed by atoms with Gasteiger partial charge >= 0.3 is 0 Å². The summed E-state index contributed by atoms with van der Waals surface area (Å²) in [7, 11) is 4.15. The molecule has 2 aromatic rings. The Morgan fingerprint density at radius 3 is 2.47 bits per heavy atom. The summed E-state index contributed by atoms with van der Waals surface area (Å²) in [5.74, 6) is 1.17. The van der Waals surface area contributed by atoms with Crippen molar-refractivity contribution in [2.24, 2.45) is 14.1 Å². The number of nitrogens with zero attached hydrogens (tertiary/aromatic N) is 2. The van der Waals surface area contributed by atoms with E-state index in [-0.39, 0.29) is 24.0 Å². The van der Waals surface area contributed by atoms with E-state index >= 15 is 0 Å². The van der Waals surface area contributed by atoms with Gasteiger partial charge in [0.25, 0.3) is 5.82 Å². The molecule has 80 valence electrons. The Labute approximate surface area is 107 Å². The fourth-order valence-corrected chi connectivity index (χ4v) is 2.06. The molecule has 15 heavy (non-hydrogen) atoms. The van der Waals surface area contributed by atoms with Gasteiger partial charge < -0.3 is 24.0 Å². The van der Waals surface area contributed by atoms with Crippen LogP contribution in [0, 0.1) is 0 Å². The molecule has 0 aliphatic rings. The van der Waals surface area contributed by atoms with E-state index in [1.807, 2.05) is 6.92 Å². The highest BCUT2D eigenvalue weighted by molar-refractivity contribution is 5.74. The summed E-state index contributed by atoms with van der Waals surface area (Å²) in [6, 6.07) is 8.37. The minimum atomic E-state index is 0. The summed E-state index contributed by atoms with van der Waals surface area (Å²) < 4.78 is 4.36. The molecule has 0 amide bonds. The van der Waals surface area contributed by atoms with E-state index in [0.29, 0.717) is 0 Å². The highest BCUT2D eigenvalue weighted by atomic mass is 127. The largest absolute Gasteiger partial charge is 1.00 e. The fraction of sp³-hybridized carbons (Fsp3) is 0.250. The Hall–Kier alpha value is -0.840. The first-order chi connectivity index (χ1) is 6.63. The summed E-state index contributed by atoms with van der Waals surface area (Å²) in [5, 5.41) is 0. The van der Waals surface area contributed by atoms with Gasteiger partial charge in [-0.2, -0.15) is 0 Å². The molecule has 3 heteroatoms. The topological polar surface area (TPSA) is 8.81 Å². The van der Waals surface area contributed by atoms with Crippen molar-refractivity contribution >= 4 is 16.6 Å². The molecule has 0 unspecified atom stereocenters. The van der Waals surface area contributed by atoms with Gasteiger partial charge in [-0.1, -0.05) is 18.7 Å². The van der Waals surface area contributed by atoms with Crippen molar-refractivity contribution in [1.29, 1.82) is 0 Å². The van der Waals surface area contributed by atoms with Crippen LogP contribution < -0.4 is 28.5 Å². The Kier molecular flexibility index (Phi) is 3.54. The van der Waals surface area contributed by atoms with Gasteiger partial charge in [0, 0.05) is 5.57 Å². The molecular formula is C12H15IN2. The number of para-hydroxylation sites is 2. The van der Waals surface area contributed by atoms with Crippen molar-refractivity contribution in [1.82, 2.24) is 4.57 Å². The van der Waals surface area contributed by atoms with Gasteiger partial charge in [0.15, 0.2) is 11.0 Å². The predicted octanol–water partition coefficient (Wildman–Crippen LogP) is -0.960. The minimum absolute atomic E-state index is 0. The zero-order chi connectivity index (χ0) is 10.3. The first-order valence-corrected chi connectivity index (χ1v) is 4.72. The first-order valence-electron chi connectivity index (χ1n) is 4.72. The number of hydrogen-bond acceptors (Lipinski definition) is 0. The van der Waals surface area contributed by atoms with E-state index in [2.05, 4.69) is 54.1 Å². The number of rotatable bonds is 1. The Morgan fingerprint density at radius 1 is 1.33 bits per heavy atom. The monoisotopic (exact) mass is 314 g/mol. The molecule has 1 heterocycles. The van der Waals surface area contributed by atoms with Gasteiger partial charge in [-0.15, -0.1) is 0 Å². The second kappa shape index (κ2) is 4.35. The van der Waals surface area contributed by atoms with E-state index in [1.165, 1.54) is 16.9 Å². The summed E-state index contributed by atoms with van der Waals surface area (Å²) in [6.45, 7) is 6.04. The van der Waals surface area contributed by atoms with Gasteiger partial charge in [0.1, 0.15) is 0 Å². The van der Waals surface area contributed by atoms with Crippen molar-refractivity contribution in [3.8, 4) is 0 Å². The molecule has 0 fully saturated rings. The van der Waals surface area contributed by atoms with Gasteiger partial charge in [0.2, 0.25) is 0 Å². The van der Waals surface area contributed by atoms with Crippen LogP contribution in [0.4, 0.5) is 0 Å². The maximum Gasteiger partial charge on any atom is 0.284 e. The second-order valence-electron chi connectivity index (χ2n) is 3.71. The lowest BCUT2D eigenvalue weighted by molar-refractivity contribution is -0.648. The Morgan fingerprint density at radius 2 is 1.93 bits per heavy atom. The van der Waals surface area contributed by atoms with E-state index in [4.69, 9.17) is 0 Å². The molecular weight excluding hydrogens is 299 g/mol. The Balaban J connectivity index is 0.00000112. The number of aryl methyl sites for hydroxylation is 2. The van der Waals surface area contributed by atoms with Crippen LogP contribution in [0.3, 0.4) is 0 Å². The van der Waals surface area contributed by atoms with E-state index < -0.39 is 0 Å². The van der Waals surface area contributed by atoms with E-state index in [1.54, 1.807) is 0 Å². The summed E-state index contributed by atoms with van der Waals surface area (Å²) in [4.78, 5) is 0. The molecule has 0 bridgehead atoms. The standard InChI is InChI=1S/C12H15N2.HI/c1-9(2)12-13(3)10-7-5-6-8-11(10)14(12)4;/h5-8H,1H2,2-4H3;1H/q+1;/p-1. The number of imidazole rings is 1. The van der Waals surface area contributed by atoms with Crippen LogP contribution >= 0.6 is 0 Å². The van der Waals surface area contributed by atoms with Crippen molar-refractivity contribution < 1.29 is 28.5 Å². The van der Waals surface area contributed by atoms with Gasteiger partial charge in [-0.25, -0.2) is 9.13 Å². The molecule has 0 radical (unpaired) electrons. The van der Waals surface area contributed by atoms with Crippen LogP contribution in [0.15, 0.2) is 30.8 Å². The molecule has 0 spiro atoms. The van der Waals surface area contributed by atoms with Crippen LogP contribution in [-0.4, -0.2) is 4.57 Å². The number of benzene rings is 1. The lowest BCUT2D eigenvalue weighted by atomic mass is 10.3. The molecule has 0 aliphatic carbocycles. The van der Waals surface area contributed by atoms with Crippen LogP contribution in [0.1, 0.15) is 12.7 Å². The quantitative estimate of drug-likeness (QED) is 0.474. The zero-order valence-electron chi connectivity index (χ0n) is 9.29. The summed E-state index contributed by atoms with van der Waals surface area (Å²) >= 11 is 0. The first kappa shape index (κ1) is 12.2. The third kappa shape index (κ3) is 1.80. The highest BCUT2D eigenvalue weighted by Crippen LogP contribution is 2.16. The smallest absolute Gasteiger partial charge is 0.284 e. The maximum atomic E-state index is 4.00. The third-order valence-electron chi connectivity index (χ3n) is 2.62. The van der Waals surface area contributed by atoms with Gasteiger partial charge in [-0.05, 0) is 19.1 Å². The minimum Gasteiger partial charge on any atom is -1.00 e. The van der Waals surface area contributed by atoms with Crippen molar-refractivity contribution in [3.63, 3.8) is 0 Å². The van der Waals surface area contributed by atoms with Crippen LogP contribution in [-0.2, 0) is 14.1 Å². The fourth-order valence-electron chi connectivity index (χ4n) is 2.06. The average molecular weight is 314 g/mol. The molecule has 0 N–H and O–H groups in total. The maximum absolute atomic E-state index is 4.00. The zero-order valence-corrected chi connectivity index (χ0v) is 11.4. The molecule has 2 rings (SSSR count). The van der Waals surface area contributed by atoms with Gasteiger partial charge in [-0.3, -0.25) is 0 Å². The molecule has 0 aliphatic heterocycles. The lowest BCUT2D eigenvalue weighted by Crippen LogP contribution is -3.00. The molecule has 0 saturated carbocycles. The van der Waals surface area contributed by atoms with Crippen LogP contribution in [0.5, 0.6) is 0 Å². The van der Waals surface area contributed by atoms with Crippen molar-refractivity contribution in [2.75, 3.05) is 0 Å². The summed E-state index contributed by atoms with van der Waals surface area (Å²) in [6.07, 6.45) is 0. The van der Waals surface area contributed by atoms with E-state index in [9.17, 15) is 0 Å². The molecule has 1 aromatic carbocycles. The number of aromatic nitrogens is 2. The molecule has 0 saturated heterocycles. The number of allylic oxidation sites excluding steroid dienone is 1. The number of halogens is 1. The SMILES string of the molecule is C=C(C)c1n(C)c2ccccc2[n+]1C.[I-]. The van der Waals surface area contributed by atoms with Gasteiger partial charge in [0.05, 0.1) is 14.1 Å².